The molecule has 0 spiro atoms. The Bertz CT molecular complexity index is 661. The summed E-state index contributed by atoms with van der Waals surface area (Å²) in [5.41, 5.74) is 2.08. The molecule has 23 heavy (non-hydrogen) atoms. The minimum absolute atomic E-state index is 0.0196. The van der Waals surface area contributed by atoms with Crippen LogP contribution in [0.1, 0.15) is 36.9 Å². The highest BCUT2D eigenvalue weighted by Crippen LogP contribution is 2.38. The molecule has 0 bridgehead atoms. The van der Waals surface area contributed by atoms with E-state index in [9.17, 15) is 4.79 Å². The highest BCUT2D eigenvalue weighted by atomic mass is 16.5. The molecule has 0 radical (unpaired) electrons. The van der Waals surface area contributed by atoms with Gasteiger partial charge < -0.3 is 9.64 Å². The van der Waals surface area contributed by atoms with Gasteiger partial charge in [-0.05, 0) is 37.5 Å². The van der Waals surface area contributed by atoms with E-state index in [-0.39, 0.29) is 12.5 Å². The van der Waals surface area contributed by atoms with Gasteiger partial charge in [0.2, 0.25) is 5.91 Å². The molecule has 1 aliphatic rings. The zero-order valence-corrected chi connectivity index (χ0v) is 13.6. The van der Waals surface area contributed by atoms with Crippen molar-refractivity contribution in [2.24, 2.45) is 0 Å². The van der Waals surface area contributed by atoms with Crippen LogP contribution in [-0.2, 0) is 17.9 Å². The molecule has 0 saturated heterocycles. The smallest absolute Gasteiger partial charge is 0.244 e. The van der Waals surface area contributed by atoms with Crippen LogP contribution in [0.2, 0.25) is 0 Å². The number of aromatic nitrogens is 3. The first kappa shape index (κ1) is 15.5. The monoisotopic (exact) mass is 314 g/mol. The third-order valence-corrected chi connectivity index (χ3v) is 3.93. The first-order valence-corrected chi connectivity index (χ1v) is 8.01. The molecule has 122 valence electrons. The van der Waals surface area contributed by atoms with Gasteiger partial charge in [-0.1, -0.05) is 17.3 Å². The maximum Gasteiger partial charge on any atom is 0.244 e. The SMILES string of the molecule is CCOc1ccc(CN(C)C(=O)Cn2cc(C3CC3)nn2)cc1. The van der Waals surface area contributed by atoms with Gasteiger partial charge in [-0.15, -0.1) is 5.10 Å². The molecular weight excluding hydrogens is 292 g/mol. The van der Waals surface area contributed by atoms with Gasteiger partial charge in [-0.3, -0.25) is 4.79 Å². The fraction of sp³-hybridized carbons (Fsp3) is 0.471. The van der Waals surface area contributed by atoms with Crippen molar-refractivity contribution >= 4 is 5.91 Å². The third-order valence-electron chi connectivity index (χ3n) is 3.93. The number of carbonyl (C=O) groups excluding carboxylic acids is 1. The molecule has 0 N–H and O–H groups in total. The van der Waals surface area contributed by atoms with Gasteiger partial charge in [0.15, 0.2) is 0 Å². The first-order chi connectivity index (χ1) is 11.2. The summed E-state index contributed by atoms with van der Waals surface area (Å²) in [7, 11) is 1.80. The highest BCUT2D eigenvalue weighted by Gasteiger charge is 2.26. The first-order valence-electron chi connectivity index (χ1n) is 8.01. The Balaban J connectivity index is 1.53. The Hall–Kier alpha value is -2.37. The maximum absolute atomic E-state index is 12.3. The average Bonchev–Trinajstić information content (AvgIpc) is 3.29. The van der Waals surface area contributed by atoms with Gasteiger partial charge in [0.25, 0.3) is 0 Å². The molecule has 1 saturated carbocycles. The molecular formula is C17H22N4O2. The Morgan fingerprint density at radius 2 is 2.09 bits per heavy atom. The van der Waals surface area contributed by atoms with Crippen molar-refractivity contribution in [1.29, 1.82) is 0 Å². The summed E-state index contributed by atoms with van der Waals surface area (Å²) >= 11 is 0. The van der Waals surface area contributed by atoms with Gasteiger partial charge in [0.1, 0.15) is 12.3 Å². The molecule has 0 atom stereocenters. The second-order valence-corrected chi connectivity index (χ2v) is 5.94. The van der Waals surface area contributed by atoms with E-state index in [1.807, 2.05) is 37.4 Å². The summed E-state index contributed by atoms with van der Waals surface area (Å²) in [5.74, 6) is 1.42. The van der Waals surface area contributed by atoms with Crippen LogP contribution in [0.15, 0.2) is 30.5 Å². The van der Waals surface area contributed by atoms with E-state index in [1.54, 1.807) is 16.6 Å². The van der Waals surface area contributed by atoms with Gasteiger partial charge in [0, 0.05) is 25.7 Å². The number of likely N-dealkylation sites (N-methyl/N-ethyl adjacent to an activating group) is 1. The lowest BCUT2D eigenvalue weighted by Gasteiger charge is -2.17. The molecule has 3 rings (SSSR count). The summed E-state index contributed by atoms with van der Waals surface area (Å²) < 4.78 is 7.05. The number of amides is 1. The number of hydrogen-bond donors (Lipinski definition) is 0. The second kappa shape index (κ2) is 6.81. The van der Waals surface area contributed by atoms with E-state index < -0.39 is 0 Å². The molecule has 6 heteroatoms. The summed E-state index contributed by atoms with van der Waals surface area (Å²) in [5, 5.41) is 8.17. The lowest BCUT2D eigenvalue weighted by atomic mass is 10.2. The summed E-state index contributed by atoms with van der Waals surface area (Å²) in [6, 6.07) is 7.82. The molecule has 1 aliphatic carbocycles. The van der Waals surface area contributed by atoms with Gasteiger partial charge >= 0.3 is 0 Å². The quantitative estimate of drug-likeness (QED) is 0.786. The standard InChI is InChI=1S/C17H22N4O2/c1-3-23-15-8-4-13(5-9-15)10-20(2)17(22)12-21-11-16(18-19-21)14-6-7-14/h4-5,8-9,11,14H,3,6-7,10,12H2,1-2H3. The Kier molecular flexibility index (Phi) is 4.60. The topological polar surface area (TPSA) is 60.2 Å². The van der Waals surface area contributed by atoms with Crippen molar-refractivity contribution in [3.8, 4) is 5.75 Å². The fourth-order valence-corrected chi connectivity index (χ4v) is 2.44. The maximum atomic E-state index is 12.3. The van der Waals surface area contributed by atoms with Gasteiger partial charge in [-0.25, -0.2) is 4.68 Å². The molecule has 1 amide bonds. The fourth-order valence-electron chi connectivity index (χ4n) is 2.44. The van der Waals surface area contributed by atoms with Crippen molar-refractivity contribution in [2.75, 3.05) is 13.7 Å². The van der Waals surface area contributed by atoms with Crippen molar-refractivity contribution in [3.63, 3.8) is 0 Å². The van der Waals surface area contributed by atoms with Crippen LogP contribution in [0, 0.1) is 0 Å². The van der Waals surface area contributed by atoms with Crippen LogP contribution in [0.25, 0.3) is 0 Å². The zero-order valence-electron chi connectivity index (χ0n) is 13.6. The zero-order chi connectivity index (χ0) is 16.2. The van der Waals surface area contributed by atoms with Crippen LogP contribution in [0.3, 0.4) is 0 Å². The lowest BCUT2D eigenvalue weighted by Crippen LogP contribution is -2.30. The molecule has 1 aromatic heterocycles. The number of ether oxygens (including phenoxy) is 1. The van der Waals surface area contributed by atoms with Crippen molar-refractivity contribution in [2.45, 2.75) is 38.8 Å². The van der Waals surface area contributed by atoms with Gasteiger partial charge in [0.05, 0.1) is 12.3 Å². The predicted octanol–water partition coefficient (Wildman–Crippen LogP) is 2.21. The minimum Gasteiger partial charge on any atom is -0.494 e. The average molecular weight is 314 g/mol. The summed E-state index contributed by atoms with van der Waals surface area (Å²) in [4.78, 5) is 14.0. The number of carbonyl (C=O) groups is 1. The highest BCUT2D eigenvalue weighted by molar-refractivity contribution is 5.75. The molecule has 6 nitrogen and oxygen atoms in total. The summed E-state index contributed by atoms with van der Waals surface area (Å²) in [6.45, 7) is 3.40. The third kappa shape index (κ3) is 4.09. The molecule has 2 aromatic rings. The second-order valence-electron chi connectivity index (χ2n) is 5.94. The van der Waals surface area contributed by atoms with E-state index >= 15 is 0 Å². The number of nitrogens with zero attached hydrogens (tertiary/aromatic N) is 4. The van der Waals surface area contributed by atoms with Crippen molar-refractivity contribution in [1.82, 2.24) is 19.9 Å². The normalized spacial score (nSPS) is 13.8. The van der Waals surface area contributed by atoms with Crippen molar-refractivity contribution in [3.05, 3.63) is 41.7 Å². The number of rotatable bonds is 7. The lowest BCUT2D eigenvalue weighted by molar-refractivity contribution is -0.131. The van der Waals surface area contributed by atoms with E-state index in [0.29, 0.717) is 19.1 Å². The van der Waals surface area contributed by atoms with Crippen LogP contribution in [0.4, 0.5) is 0 Å². The molecule has 0 aliphatic heterocycles. The number of benzene rings is 1. The Morgan fingerprint density at radius 3 is 2.74 bits per heavy atom. The largest absolute Gasteiger partial charge is 0.494 e. The molecule has 1 aromatic carbocycles. The van der Waals surface area contributed by atoms with Crippen LogP contribution in [0.5, 0.6) is 5.75 Å². The van der Waals surface area contributed by atoms with Crippen LogP contribution < -0.4 is 4.74 Å². The van der Waals surface area contributed by atoms with Gasteiger partial charge in [-0.2, -0.15) is 0 Å². The van der Waals surface area contributed by atoms with E-state index in [4.69, 9.17) is 4.74 Å². The Labute approximate surface area is 136 Å². The molecule has 1 fully saturated rings. The molecule has 0 unspecified atom stereocenters. The Morgan fingerprint density at radius 1 is 1.35 bits per heavy atom. The van der Waals surface area contributed by atoms with Crippen LogP contribution in [-0.4, -0.2) is 39.5 Å². The van der Waals surface area contributed by atoms with E-state index in [2.05, 4.69) is 10.3 Å². The number of hydrogen-bond acceptors (Lipinski definition) is 4. The van der Waals surface area contributed by atoms with Crippen molar-refractivity contribution < 1.29 is 9.53 Å². The molecule has 1 heterocycles. The van der Waals surface area contributed by atoms with Crippen LogP contribution >= 0.6 is 0 Å². The van der Waals surface area contributed by atoms with E-state index in [1.165, 1.54) is 12.8 Å². The summed E-state index contributed by atoms with van der Waals surface area (Å²) in [6.07, 6.45) is 4.26. The minimum atomic E-state index is 0.0196. The predicted molar refractivity (Wildman–Crippen MR) is 86.1 cm³/mol. The van der Waals surface area contributed by atoms with E-state index in [0.717, 1.165) is 17.0 Å².